The molecule has 3 rings (SSSR count). The zero-order chi connectivity index (χ0) is 30.2. The van der Waals surface area contributed by atoms with Gasteiger partial charge in [-0.25, -0.2) is 8.42 Å². The second-order valence-electron chi connectivity index (χ2n) is 9.78. The van der Waals surface area contributed by atoms with Crippen LogP contribution in [-0.2, 0) is 32.6 Å². The maximum Gasteiger partial charge on any atom is 0.244 e. The van der Waals surface area contributed by atoms with Gasteiger partial charge in [-0.05, 0) is 48.7 Å². The lowest BCUT2D eigenvalue weighted by Gasteiger charge is -2.34. The SMILES string of the molecule is CCCCNC(=O)C(Cc1ccccc1)N(Cc1c(Cl)cccc1Cl)C(=O)CN(c1ccc(C)c(Cl)c1)S(C)(=O)=O. The third-order valence-corrected chi connectivity index (χ3v) is 8.87. The number of aryl methyl sites for hydroxylation is 1. The van der Waals surface area contributed by atoms with Gasteiger partial charge >= 0.3 is 0 Å². The summed E-state index contributed by atoms with van der Waals surface area (Å²) in [4.78, 5) is 29.1. The monoisotopic (exact) mass is 637 g/mol. The van der Waals surface area contributed by atoms with Crippen LogP contribution in [0, 0.1) is 6.92 Å². The zero-order valence-electron chi connectivity index (χ0n) is 23.2. The van der Waals surface area contributed by atoms with E-state index in [4.69, 9.17) is 34.8 Å². The molecular weight excluding hydrogens is 605 g/mol. The summed E-state index contributed by atoms with van der Waals surface area (Å²) in [5.74, 6) is -0.960. The number of carbonyl (C=O) groups excluding carboxylic acids is 2. The average molecular weight is 639 g/mol. The summed E-state index contributed by atoms with van der Waals surface area (Å²) < 4.78 is 26.8. The lowest BCUT2D eigenvalue weighted by Crippen LogP contribution is -2.53. The highest BCUT2D eigenvalue weighted by Crippen LogP contribution is 2.29. The molecule has 1 atom stereocenters. The summed E-state index contributed by atoms with van der Waals surface area (Å²) in [6, 6.07) is 18.1. The maximum atomic E-state index is 14.1. The summed E-state index contributed by atoms with van der Waals surface area (Å²) in [6.45, 7) is 3.57. The highest BCUT2D eigenvalue weighted by atomic mass is 35.5. The Morgan fingerprint density at radius 3 is 2.17 bits per heavy atom. The standard InChI is InChI=1S/C30H34Cl3N3O4S/c1-4-5-16-34-30(38)28(17-22-10-7-6-8-11-22)35(19-24-25(31)12-9-13-26(24)32)29(37)20-36(41(3,39)40)23-15-14-21(2)27(33)18-23/h6-15,18,28H,4-5,16-17,19-20H2,1-3H3,(H,34,38). The minimum Gasteiger partial charge on any atom is -0.354 e. The predicted octanol–water partition coefficient (Wildman–Crippen LogP) is 6.28. The van der Waals surface area contributed by atoms with Gasteiger partial charge in [0.1, 0.15) is 12.6 Å². The lowest BCUT2D eigenvalue weighted by molar-refractivity contribution is -0.140. The number of sulfonamides is 1. The zero-order valence-corrected chi connectivity index (χ0v) is 26.3. The van der Waals surface area contributed by atoms with Crippen molar-refractivity contribution in [2.24, 2.45) is 0 Å². The first-order valence-electron chi connectivity index (χ1n) is 13.2. The van der Waals surface area contributed by atoms with Gasteiger partial charge in [-0.3, -0.25) is 13.9 Å². The van der Waals surface area contributed by atoms with Crippen LogP contribution in [0.5, 0.6) is 0 Å². The van der Waals surface area contributed by atoms with Gasteiger partial charge in [0.25, 0.3) is 0 Å². The minimum absolute atomic E-state index is 0.109. The molecule has 0 aliphatic carbocycles. The highest BCUT2D eigenvalue weighted by Gasteiger charge is 2.33. The first kappa shape index (κ1) is 32.7. The van der Waals surface area contributed by atoms with Gasteiger partial charge in [0.15, 0.2) is 0 Å². The normalized spacial score (nSPS) is 12.0. The Morgan fingerprint density at radius 2 is 1.59 bits per heavy atom. The number of carbonyl (C=O) groups is 2. The van der Waals surface area contributed by atoms with Crippen molar-refractivity contribution in [3.63, 3.8) is 0 Å². The van der Waals surface area contributed by atoms with Crippen LogP contribution in [0.3, 0.4) is 0 Å². The molecule has 0 aliphatic rings. The number of nitrogens with zero attached hydrogens (tertiary/aromatic N) is 2. The maximum absolute atomic E-state index is 14.1. The summed E-state index contributed by atoms with van der Waals surface area (Å²) in [6.07, 6.45) is 2.86. The van der Waals surface area contributed by atoms with E-state index in [-0.39, 0.29) is 24.6 Å². The summed E-state index contributed by atoms with van der Waals surface area (Å²) in [5.41, 5.74) is 2.28. The van der Waals surface area contributed by atoms with Crippen molar-refractivity contribution in [3.05, 3.63) is 98.5 Å². The van der Waals surface area contributed by atoms with Gasteiger partial charge < -0.3 is 10.2 Å². The van der Waals surface area contributed by atoms with E-state index < -0.39 is 28.5 Å². The number of benzene rings is 3. The molecule has 3 aromatic carbocycles. The molecule has 11 heteroatoms. The molecule has 0 aromatic heterocycles. The number of nitrogens with one attached hydrogen (secondary N) is 1. The van der Waals surface area contributed by atoms with Crippen molar-refractivity contribution >= 4 is 62.3 Å². The van der Waals surface area contributed by atoms with Crippen LogP contribution in [0.15, 0.2) is 66.7 Å². The van der Waals surface area contributed by atoms with Crippen LogP contribution in [0.2, 0.25) is 15.1 Å². The lowest BCUT2D eigenvalue weighted by atomic mass is 10.0. The Kier molecular flexibility index (Phi) is 11.9. The third-order valence-electron chi connectivity index (χ3n) is 6.61. The van der Waals surface area contributed by atoms with E-state index in [0.29, 0.717) is 27.2 Å². The van der Waals surface area contributed by atoms with Gasteiger partial charge in [-0.2, -0.15) is 0 Å². The Bertz CT molecular complexity index is 1450. The average Bonchev–Trinajstić information content (AvgIpc) is 2.92. The first-order valence-corrected chi connectivity index (χ1v) is 16.2. The van der Waals surface area contributed by atoms with Crippen molar-refractivity contribution in [1.82, 2.24) is 10.2 Å². The molecule has 0 saturated carbocycles. The topological polar surface area (TPSA) is 86.8 Å². The van der Waals surface area contributed by atoms with Gasteiger partial charge in [-0.1, -0.05) is 90.6 Å². The third kappa shape index (κ3) is 9.10. The second kappa shape index (κ2) is 14.9. The van der Waals surface area contributed by atoms with Gasteiger partial charge in [0.2, 0.25) is 21.8 Å². The van der Waals surface area contributed by atoms with E-state index in [1.165, 1.54) is 11.0 Å². The van der Waals surface area contributed by atoms with E-state index in [1.54, 1.807) is 37.3 Å². The predicted molar refractivity (Wildman–Crippen MR) is 167 cm³/mol. The molecule has 41 heavy (non-hydrogen) atoms. The Labute approximate surface area is 257 Å². The quantitative estimate of drug-likeness (QED) is 0.223. The number of unbranched alkanes of at least 4 members (excludes halogenated alkanes) is 1. The molecule has 1 unspecified atom stereocenters. The fourth-order valence-corrected chi connectivity index (χ4v) is 5.80. The molecule has 0 heterocycles. The molecule has 7 nitrogen and oxygen atoms in total. The van der Waals surface area contributed by atoms with Crippen LogP contribution in [0.1, 0.15) is 36.5 Å². The fraction of sp³-hybridized carbons (Fsp3) is 0.333. The molecule has 0 radical (unpaired) electrons. The second-order valence-corrected chi connectivity index (χ2v) is 12.9. The summed E-state index contributed by atoms with van der Waals surface area (Å²) in [5, 5.41) is 3.95. The Balaban J connectivity index is 2.09. The molecule has 2 amide bonds. The number of rotatable bonds is 13. The first-order chi connectivity index (χ1) is 19.4. The van der Waals surface area contributed by atoms with E-state index in [2.05, 4.69) is 5.32 Å². The van der Waals surface area contributed by atoms with Crippen molar-refractivity contribution < 1.29 is 18.0 Å². The largest absolute Gasteiger partial charge is 0.354 e. The number of halogens is 3. The molecule has 0 fully saturated rings. The molecular formula is C30H34Cl3N3O4S. The van der Waals surface area contributed by atoms with Crippen LogP contribution in [-0.4, -0.2) is 50.5 Å². The molecule has 1 N–H and O–H groups in total. The molecule has 0 aliphatic heterocycles. The van der Waals surface area contributed by atoms with E-state index in [1.807, 2.05) is 37.3 Å². The molecule has 0 saturated heterocycles. The Hall–Kier alpha value is -2.78. The van der Waals surface area contributed by atoms with Crippen molar-refractivity contribution in [2.45, 2.75) is 45.7 Å². The van der Waals surface area contributed by atoms with Crippen molar-refractivity contribution in [2.75, 3.05) is 23.7 Å². The number of amides is 2. The van der Waals surface area contributed by atoms with E-state index in [9.17, 15) is 18.0 Å². The van der Waals surface area contributed by atoms with Crippen LogP contribution in [0.25, 0.3) is 0 Å². The Morgan fingerprint density at radius 1 is 0.927 bits per heavy atom. The number of hydrogen-bond donors (Lipinski definition) is 1. The van der Waals surface area contributed by atoms with Crippen LogP contribution < -0.4 is 9.62 Å². The molecule has 3 aromatic rings. The van der Waals surface area contributed by atoms with Crippen molar-refractivity contribution in [3.8, 4) is 0 Å². The molecule has 0 spiro atoms. The highest BCUT2D eigenvalue weighted by molar-refractivity contribution is 7.92. The molecule has 220 valence electrons. The number of anilines is 1. The number of hydrogen-bond acceptors (Lipinski definition) is 4. The fourth-order valence-electron chi connectivity index (χ4n) is 4.26. The summed E-state index contributed by atoms with van der Waals surface area (Å²) >= 11 is 19.3. The van der Waals surface area contributed by atoms with Crippen molar-refractivity contribution in [1.29, 1.82) is 0 Å². The van der Waals surface area contributed by atoms with E-state index in [0.717, 1.165) is 34.5 Å². The van der Waals surface area contributed by atoms with E-state index >= 15 is 0 Å². The molecule has 0 bridgehead atoms. The van der Waals surface area contributed by atoms with Crippen LogP contribution >= 0.6 is 34.8 Å². The summed E-state index contributed by atoms with van der Waals surface area (Å²) in [7, 11) is -3.91. The van der Waals surface area contributed by atoms with Gasteiger partial charge in [0, 0.05) is 40.1 Å². The van der Waals surface area contributed by atoms with Crippen LogP contribution in [0.4, 0.5) is 5.69 Å². The minimum atomic E-state index is -3.91. The smallest absolute Gasteiger partial charge is 0.244 e. The van der Waals surface area contributed by atoms with Gasteiger partial charge in [0.05, 0.1) is 11.9 Å². The van der Waals surface area contributed by atoms with Gasteiger partial charge in [-0.15, -0.1) is 0 Å².